The number of hydrogen-bond acceptors (Lipinski definition) is 1. The molecule has 0 spiro atoms. The summed E-state index contributed by atoms with van der Waals surface area (Å²) in [6.45, 7) is 2.18. The van der Waals surface area contributed by atoms with Crippen LogP contribution >= 0.6 is 11.6 Å². The fourth-order valence-corrected chi connectivity index (χ4v) is 4.09. The monoisotopic (exact) mass is 334 g/mol. The fraction of sp³-hybridized carbons (Fsp3) is 0.227. The van der Waals surface area contributed by atoms with Gasteiger partial charge in [-0.2, -0.15) is 0 Å². The lowest BCUT2D eigenvalue weighted by atomic mass is 9.85. The molecule has 24 heavy (non-hydrogen) atoms. The lowest BCUT2D eigenvalue weighted by Gasteiger charge is -2.19. The molecule has 0 fully saturated rings. The van der Waals surface area contributed by atoms with E-state index in [9.17, 15) is 4.79 Å². The lowest BCUT2D eigenvalue weighted by Crippen LogP contribution is -2.01. The molecule has 0 N–H and O–H groups in total. The van der Waals surface area contributed by atoms with Crippen molar-refractivity contribution in [1.29, 1.82) is 0 Å². The quantitative estimate of drug-likeness (QED) is 0.296. The maximum absolute atomic E-state index is 11.2. The highest BCUT2D eigenvalue weighted by molar-refractivity contribution is 6.63. The SMILES string of the molecule is CCC(CCC(=O)Cl)c1ccc2ccc3cccc4ccc1c2c34. The number of carbonyl (C=O) groups excluding carboxylic acids is 1. The van der Waals surface area contributed by atoms with Gasteiger partial charge in [0.15, 0.2) is 0 Å². The van der Waals surface area contributed by atoms with Crippen LogP contribution in [0.4, 0.5) is 0 Å². The zero-order valence-corrected chi connectivity index (χ0v) is 14.4. The Labute approximate surface area is 146 Å². The van der Waals surface area contributed by atoms with E-state index in [1.807, 2.05) is 0 Å². The zero-order chi connectivity index (χ0) is 16.7. The van der Waals surface area contributed by atoms with E-state index in [0.717, 1.165) is 12.8 Å². The molecule has 4 aromatic carbocycles. The van der Waals surface area contributed by atoms with Crippen LogP contribution in [-0.2, 0) is 4.79 Å². The van der Waals surface area contributed by atoms with Gasteiger partial charge >= 0.3 is 0 Å². The number of carbonyl (C=O) groups is 1. The van der Waals surface area contributed by atoms with Gasteiger partial charge in [-0.05, 0) is 68.2 Å². The Bertz CT molecular complexity index is 1020. The van der Waals surface area contributed by atoms with Gasteiger partial charge in [-0.1, -0.05) is 61.5 Å². The molecule has 0 saturated carbocycles. The molecule has 4 rings (SSSR count). The van der Waals surface area contributed by atoms with Crippen molar-refractivity contribution in [2.24, 2.45) is 0 Å². The van der Waals surface area contributed by atoms with Crippen LogP contribution in [0.1, 0.15) is 37.7 Å². The molecule has 2 heteroatoms. The Kier molecular flexibility index (Phi) is 3.90. The van der Waals surface area contributed by atoms with Gasteiger partial charge < -0.3 is 0 Å². The minimum absolute atomic E-state index is 0.244. The molecule has 120 valence electrons. The predicted molar refractivity (Wildman–Crippen MR) is 103 cm³/mol. The van der Waals surface area contributed by atoms with Crippen molar-refractivity contribution < 1.29 is 4.79 Å². The van der Waals surface area contributed by atoms with E-state index in [2.05, 4.69) is 61.5 Å². The van der Waals surface area contributed by atoms with E-state index in [0.29, 0.717) is 12.3 Å². The Morgan fingerprint density at radius 1 is 0.917 bits per heavy atom. The third-order valence-corrected chi connectivity index (χ3v) is 5.37. The number of halogens is 1. The molecule has 1 nitrogen and oxygen atoms in total. The van der Waals surface area contributed by atoms with E-state index in [-0.39, 0.29) is 5.24 Å². The van der Waals surface area contributed by atoms with Crippen LogP contribution in [0.2, 0.25) is 0 Å². The summed E-state index contributed by atoms with van der Waals surface area (Å²) in [5, 5.41) is 7.60. The Hall–Kier alpha value is -2.12. The fourth-order valence-electron chi connectivity index (χ4n) is 3.98. The Balaban J connectivity index is 1.98. The third-order valence-electron chi connectivity index (χ3n) is 5.18. The normalized spacial score (nSPS) is 13.1. The van der Waals surface area contributed by atoms with Crippen molar-refractivity contribution in [2.75, 3.05) is 0 Å². The van der Waals surface area contributed by atoms with Gasteiger partial charge in [-0.15, -0.1) is 0 Å². The van der Waals surface area contributed by atoms with Crippen LogP contribution in [0, 0.1) is 0 Å². The second-order valence-electron chi connectivity index (χ2n) is 6.51. The minimum Gasteiger partial charge on any atom is -0.281 e. The molecular formula is C22H19ClO. The third kappa shape index (κ3) is 2.44. The van der Waals surface area contributed by atoms with Gasteiger partial charge in [0.05, 0.1) is 0 Å². The molecule has 0 aromatic heterocycles. The van der Waals surface area contributed by atoms with E-state index in [1.54, 1.807) is 0 Å². The predicted octanol–water partition coefficient (Wildman–Crippen LogP) is 6.62. The first-order chi connectivity index (χ1) is 11.7. The van der Waals surface area contributed by atoms with Crippen LogP contribution in [0.3, 0.4) is 0 Å². The summed E-state index contributed by atoms with van der Waals surface area (Å²) in [6, 6.07) is 19.8. The van der Waals surface area contributed by atoms with Gasteiger partial charge in [-0.25, -0.2) is 0 Å². The van der Waals surface area contributed by atoms with Crippen LogP contribution < -0.4 is 0 Å². The highest BCUT2D eigenvalue weighted by Gasteiger charge is 2.17. The first-order valence-electron chi connectivity index (χ1n) is 8.54. The molecular weight excluding hydrogens is 316 g/mol. The number of benzene rings is 4. The Morgan fingerprint density at radius 2 is 1.54 bits per heavy atom. The molecule has 0 bridgehead atoms. The summed E-state index contributed by atoms with van der Waals surface area (Å²) >= 11 is 5.57. The maximum Gasteiger partial charge on any atom is 0.221 e. The summed E-state index contributed by atoms with van der Waals surface area (Å²) in [6.07, 6.45) is 2.25. The van der Waals surface area contributed by atoms with Gasteiger partial charge in [0, 0.05) is 6.42 Å². The van der Waals surface area contributed by atoms with E-state index in [4.69, 9.17) is 11.6 Å². The molecule has 0 aliphatic carbocycles. The second kappa shape index (κ2) is 6.07. The largest absolute Gasteiger partial charge is 0.281 e. The van der Waals surface area contributed by atoms with Crippen LogP contribution in [0.5, 0.6) is 0 Å². The molecule has 1 atom stereocenters. The van der Waals surface area contributed by atoms with Crippen molar-refractivity contribution in [3.63, 3.8) is 0 Å². The summed E-state index contributed by atoms with van der Waals surface area (Å²) in [5.41, 5.74) is 1.33. The Morgan fingerprint density at radius 3 is 2.21 bits per heavy atom. The van der Waals surface area contributed by atoms with Crippen molar-refractivity contribution in [3.8, 4) is 0 Å². The molecule has 0 radical (unpaired) electrons. The molecule has 0 saturated heterocycles. The smallest absolute Gasteiger partial charge is 0.221 e. The molecule has 0 aliphatic rings. The summed E-state index contributed by atoms with van der Waals surface area (Å²) in [5.74, 6) is 0.359. The van der Waals surface area contributed by atoms with Crippen molar-refractivity contribution in [2.45, 2.75) is 32.1 Å². The van der Waals surface area contributed by atoms with E-state index >= 15 is 0 Å². The van der Waals surface area contributed by atoms with Gasteiger partial charge in [-0.3, -0.25) is 4.79 Å². The zero-order valence-electron chi connectivity index (χ0n) is 13.7. The summed E-state index contributed by atoms with van der Waals surface area (Å²) in [4.78, 5) is 11.2. The van der Waals surface area contributed by atoms with E-state index < -0.39 is 0 Å². The van der Waals surface area contributed by atoms with Crippen molar-refractivity contribution >= 4 is 49.2 Å². The number of rotatable bonds is 5. The van der Waals surface area contributed by atoms with Crippen molar-refractivity contribution in [1.82, 2.24) is 0 Å². The highest BCUT2D eigenvalue weighted by atomic mass is 35.5. The molecule has 0 heterocycles. The summed E-state index contributed by atoms with van der Waals surface area (Å²) < 4.78 is 0. The topological polar surface area (TPSA) is 17.1 Å². The molecule has 0 amide bonds. The maximum atomic E-state index is 11.2. The van der Waals surface area contributed by atoms with Gasteiger partial charge in [0.25, 0.3) is 0 Å². The van der Waals surface area contributed by atoms with Crippen LogP contribution in [0.15, 0.2) is 54.6 Å². The first kappa shape index (κ1) is 15.4. The summed E-state index contributed by atoms with van der Waals surface area (Å²) in [7, 11) is 0. The highest BCUT2D eigenvalue weighted by Crippen LogP contribution is 2.39. The van der Waals surface area contributed by atoms with Crippen LogP contribution in [-0.4, -0.2) is 5.24 Å². The molecule has 0 aliphatic heterocycles. The molecule has 1 unspecified atom stereocenters. The average Bonchev–Trinajstić information content (AvgIpc) is 2.60. The van der Waals surface area contributed by atoms with Crippen molar-refractivity contribution in [3.05, 3.63) is 60.2 Å². The molecule has 4 aromatic rings. The minimum atomic E-state index is -0.244. The first-order valence-corrected chi connectivity index (χ1v) is 8.91. The van der Waals surface area contributed by atoms with Crippen LogP contribution in [0.25, 0.3) is 32.3 Å². The van der Waals surface area contributed by atoms with E-state index in [1.165, 1.54) is 37.9 Å². The standard InChI is InChI=1S/C22H19ClO/c1-2-14(10-13-20(23)24)18-11-8-17-7-6-15-4-3-5-16-9-12-19(18)22(17)21(15)16/h3-9,11-12,14H,2,10,13H2,1H3. The second-order valence-corrected chi connectivity index (χ2v) is 6.93. The number of hydrogen-bond donors (Lipinski definition) is 0. The van der Waals surface area contributed by atoms with Gasteiger partial charge in [0.1, 0.15) is 0 Å². The lowest BCUT2D eigenvalue weighted by molar-refractivity contribution is -0.111. The van der Waals surface area contributed by atoms with Gasteiger partial charge in [0.2, 0.25) is 5.24 Å². The average molecular weight is 335 g/mol.